The van der Waals surface area contributed by atoms with Gasteiger partial charge >= 0.3 is 6.18 Å². The predicted octanol–water partition coefficient (Wildman–Crippen LogP) is 6.01. The number of alkyl halides is 3. The highest BCUT2D eigenvalue weighted by Crippen LogP contribution is 2.34. The van der Waals surface area contributed by atoms with E-state index >= 15 is 0 Å². The summed E-state index contributed by atoms with van der Waals surface area (Å²) in [6, 6.07) is 2.66. The van der Waals surface area contributed by atoms with Gasteiger partial charge in [-0.25, -0.2) is 0 Å². The fourth-order valence-electron chi connectivity index (χ4n) is 2.90. The van der Waals surface area contributed by atoms with Crippen molar-refractivity contribution in [3.05, 3.63) is 29.3 Å². The first kappa shape index (κ1) is 22.3. The molecule has 3 nitrogen and oxygen atoms in total. The van der Waals surface area contributed by atoms with Crippen molar-refractivity contribution in [3.8, 4) is 5.75 Å². The van der Waals surface area contributed by atoms with E-state index in [1.807, 2.05) is 0 Å². The summed E-state index contributed by atoms with van der Waals surface area (Å²) in [5.74, 6) is -0.987. The molecule has 0 radical (unpaired) electrons. The van der Waals surface area contributed by atoms with Crippen molar-refractivity contribution < 1.29 is 23.1 Å². The Bertz CT molecular complexity index is 546. The average molecular weight is 373 g/mol. The SMILES string of the molecule is CCCCCCN(CCCCCC)C(=O)c1cc(O)ccc1C(F)(F)F. The van der Waals surface area contributed by atoms with Gasteiger partial charge in [0.2, 0.25) is 0 Å². The second-order valence-corrected chi connectivity index (χ2v) is 6.64. The third-order valence-electron chi connectivity index (χ3n) is 4.39. The largest absolute Gasteiger partial charge is 0.508 e. The molecule has 0 saturated carbocycles. The smallest absolute Gasteiger partial charge is 0.417 e. The Morgan fingerprint density at radius 2 is 1.50 bits per heavy atom. The first-order valence-corrected chi connectivity index (χ1v) is 9.50. The van der Waals surface area contributed by atoms with E-state index in [-0.39, 0.29) is 5.75 Å². The minimum Gasteiger partial charge on any atom is -0.508 e. The highest BCUT2D eigenvalue weighted by Gasteiger charge is 2.36. The molecule has 0 heterocycles. The van der Waals surface area contributed by atoms with Crippen molar-refractivity contribution in [2.45, 2.75) is 71.4 Å². The molecule has 0 unspecified atom stereocenters. The first-order chi connectivity index (χ1) is 12.3. The number of carbonyl (C=O) groups excluding carboxylic acids is 1. The van der Waals surface area contributed by atoms with Gasteiger partial charge in [0.05, 0.1) is 11.1 Å². The molecule has 1 N–H and O–H groups in total. The lowest BCUT2D eigenvalue weighted by atomic mass is 10.0. The molecule has 26 heavy (non-hydrogen) atoms. The number of benzene rings is 1. The Kier molecular flexibility index (Phi) is 9.52. The maximum absolute atomic E-state index is 13.3. The fraction of sp³-hybridized carbons (Fsp3) is 0.650. The van der Waals surface area contributed by atoms with Crippen LogP contribution in [0.2, 0.25) is 0 Å². The van der Waals surface area contributed by atoms with Crippen LogP contribution in [0, 0.1) is 0 Å². The molecule has 0 aliphatic carbocycles. The summed E-state index contributed by atoms with van der Waals surface area (Å²) in [4.78, 5) is 14.3. The van der Waals surface area contributed by atoms with Crippen molar-refractivity contribution in [1.29, 1.82) is 0 Å². The van der Waals surface area contributed by atoms with Crippen LogP contribution >= 0.6 is 0 Å². The van der Waals surface area contributed by atoms with Gasteiger partial charge in [0.25, 0.3) is 5.91 Å². The van der Waals surface area contributed by atoms with Crippen molar-refractivity contribution in [3.63, 3.8) is 0 Å². The number of carbonyl (C=O) groups is 1. The number of aromatic hydroxyl groups is 1. The van der Waals surface area contributed by atoms with Crippen LogP contribution < -0.4 is 0 Å². The molecular weight excluding hydrogens is 343 g/mol. The Balaban J connectivity index is 2.96. The van der Waals surface area contributed by atoms with Crippen LogP contribution in [0.5, 0.6) is 5.75 Å². The third kappa shape index (κ3) is 7.26. The molecule has 0 aliphatic heterocycles. The normalized spacial score (nSPS) is 11.6. The molecule has 0 bridgehead atoms. The Morgan fingerprint density at radius 3 is 1.96 bits per heavy atom. The molecular formula is C20H30F3NO2. The molecule has 0 spiro atoms. The van der Waals surface area contributed by atoms with Gasteiger partial charge in [-0.05, 0) is 31.0 Å². The second-order valence-electron chi connectivity index (χ2n) is 6.64. The standard InChI is InChI=1S/C20H30F3NO2/c1-3-5-7-9-13-24(14-10-8-6-4-2)19(26)17-15-16(25)11-12-18(17)20(21,22)23/h11-12,15,25H,3-10,13-14H2,1-2H3. The van der Waals surface area contributed by atoms with Crippen LogP contribution in [-0.4, -0.2) is 29.0 Å². The van der Waals surface area contributed by atoms with Crippen LogP contribution in [0.1, 0.15) is 81.1 Å². The molecule has 1 aromatic rings. The van der Waals surface area contributed by atoms with Crippen LogP contribution in [-0.2, 0) is 6.18 Å². The van der Waals surface area contributed by atoms with Crippen LogP contribution in [0.15, 0.2) is 18.2 Å². The molecule has 148 valence electrons. The van der Waals surface area contributed by atoms with Gasteiger partial charge in [-0.2, -0.15) is 13.2 Å². The van der Waals surface area contributed by atoms with E-state index in [0.717, 1.165) is 69.6 Å². The molecule has 1 rings (SSSR count). The quantitative estimate of drug-likeness (QED) is 0.482. The molecule has 1 amide bonds. The lowest BCUT2D eigenvalue weighted by Crippen LogP contribution is -2.34. The van der Waals surface area contributed by atoms with Gasteiger partial charge in [-0.3, -0.25) is 4.79 Å². The second kappa shape index (κ2) is 11.1. The number of amides is 1. The van der Waals surface area contributed by atoms with Gasteiger partial charge in [-0.15, -0.1) is 0 Å². The molecule has 0 aliphatic rings. The molecule has 6 heteroatoms. The van der Waals surface area contributed by atoms with E-state index < -0.39 is 23.2 Å². The average Bonchev–Trinajstić information content (AvgIpc) is 2.58. The predicted molar refractivity (Wildman–Crippen MR) is 97.3 cm³/mol. The number of unbranched alkanes of at least 4 members (excludes halogenated alkanes) is 6. The lowest BCUT2D eigenvalue weighted by Gasteiger charge is -2.24. The van der Waals surface area contributed by atoms with Crippen LogP contribution in [0.3, 0.4) is 0 Å². The van der Waals surface area contributed by atoms with E-state index in [4.69, 9.17) is 0 Å². The zero-order valence-corrected chi connectivity index (χ0v) is 15.7. The molecule has 1 aromatic carbocycles. The molecule has 0 aromatic heterocycles. The Labute approximate surface area is 154 Å². The third-order valence-corrected chi connectivity index (χ3v) is 4.39. The zero-order valence-electron chi connectivity index (χ0n) is 15.7. The van der Waals surface area contributed by atoms with E-state index in [1.165, 1.54) is 4.90 Å². The van der Waals surface area contributed by atoms with Gasteiger partial charge in [-0.1, -0.05) is 52.4 Å². The number of phenols is 1. The number of hydrogen-bond acceptors (Lipinski definition) is 2. The molecule has 0 saturated heterocycles. The summed E-state index contributed by atoms with van der Waals surface area (Å²) >= 11 is 0. The van der Waals surface area contributed by atoms with E-state index in [0.29, 0.717) is 13.1 Å². The highest BCUT2D eigenvalue weighted by molar-refractivity contribution is 5.96. The number of phenolic OH excluding ortho intramolecular Hbond substituents is 1. The fourth-order valence-corrected chi connectivity index (χ4v) is 2.90. The first-order valence-electron chi connectivity index (χ1n) is 9.50. The summed E-state index contributed by atoms with van der Waals surface area (Å²) < 4.78 is 39.8. The van der Waals surface area contributed by atoms with Gasteiger partial charge in [0, 0.05) is 13.1 Å². The van der Waals surface area contributed by atoms with Gasteiger partial charge in [0.1, 0.15) is 5.75 Å². The number of hydrogen-bond donors (Lipinski definition) is 1. The van der Waals surface area contributed by atoms with Crippen molar-refractivity contribution in [2.75, 3.05) is 13.1 Å². The maximum atomic E-state index is 13.3. The summed E-state index contributed by atoms with van der Waals surface area (Å²) in [5.41, 5.74) is -1.46. The number of halogens is 3. The summed E-state index contributed by atoms with van der Waals surface area (Å²) in [6.45, 7) is 5.04. The topological polar surface area (TPSA) is 40.5 Å². The molecule has 0 fully saturated rings. The number of rotatable bonds is 11. The summed E-state index contributed by atoms with van der Waals surface area (Å²) in [5, 5.41) is 9.59. The lowest BCUT2D eigenvalue weighted by molar-refractivity contribution is -0.138. The highest BCUT2D eigenvalue weighted by atomic mass is 19.4. The van der Waals surface area contributed by atoms with Crippen LogP contribution in [0.25, 0.3) is 0 Å². The van der Waals surface area contributed by atoms with Crippen molar-refractivity contribution in [2.24, 2.45) is 0 Å². The van der Waals surface area contributed by atoms with Gasteiger partial charge in [0.15, 0.2) is 0 Å². The van der Waals surface area contributed by atoms with Crippen molar-refractivity contribution >= 4 is 5.91 Å². The van der Waals surface area contributed by atoms with E-state index in [1.54, 1.807) is 0 Å². The van der Waals surface area contributed by atoms with Crippen LogP contribution in [0.4, 0.5) is 13.2 Å². The Morgan fingerprint density at radius 1 is 0.962 bits per heavy atom. The minimum absolute atomic E-state index is 0.335. The van der Waals surface area contributed by atoms with E-state index in [2.05, 4.69) is 13.8 Å². The van der Waals surface area contributed by atoms with Gasteiger partial charge < -0.3 is 10.0 Å². The van der Waals surface area contributed by atoms with Crippen molar-refractivity contribution in [1.82, 2.24) is 4.90 Å². The Hall–Kier alpha value is -1.72. The summed E-state index contributed by atoms with van der Waals surface area (Å²) in [7, 11) is 0. The summed E-state index contributed by atoms with van der Waals surface area (Å²) in [6.07, 6.45) is 2.98. The zero-order chi connectivity index (χ0) is 19.6. The maximum Gasteiger partial charge on any atom is 0.417 e. The monoisotopic (exact) mass is 373 g/mol. The minimum atomic E-state index is -4.63. The number of nitrogens with zero attached hydrogens (tertiary/aromatic N) is 1. The molecule has 0 atom stereocenters. The van der Waals surface area contributed by atoms with E-state index in [9.17, 15) is 23.1 Å².